The van der Waals surface area contributed by atoms with Gasteiger partial charge in [0, 0.05) is 6.42 Å². The molecule has 0 radical (unpaired) electrons. The van der Waals surface area contributed by atoms with Gasteiger partial charge in [0.05, 0.1) is 5.41 Å². The van der Waals surface area contributed by atoms with E-state index in [9.17, 15) is 9.59 Å². The van der Waals surface area contributed by atoms with Gasteiger partial charge in [0.15, 0.2) is 0 Å². The standard InChI is InChI=1S/C15H21NO2/c1-4-14(2,3)16-12(17)11-15(13(16)18)9-7-5-6-8-10-15/h1H,5-11H2,2-3H3. The van der Waals surface area contributed by atoms with Crippen molar-refractivity contribution >= 4 is 11.8 Å². The minimum Gasteiger partial charge on any atom is -0.274 e. The van der Waals surface area contributed by atoms with Crippen LogP contribution in [0.1, 0.15) is 58.8 Å². The minimum absolute atomic E-state index is 0.0302. The van der Waals surface area contributed by atoms with Crippen LogP contribution in [0.25, 0.3) is 0 Å². The summed E-state index contributed by atoms with van der Waals surface area (Å²) < 4.78 is 0. The average molecular weight is 247 g/mol. The van der Waals surface area contributed by atoms with Crippen LogP contribution in [0, 0.1) is 17.8 Å². The van der Waals surface area contributed by atoms with Crippen LogP contribution in [0.15, 0.2) is 0 Å². The number of rotatable bonds is 1. The van der Waals surface area contributed by atoms with Gasteiger partial charge in [-0.2, -0.15) is 0 Å². The molecule has 18 heavy (non-hydrogen) atoms. The molecule has 0 aromatic heterocycles. The maximum Gasteiger partial charge on any atom is 0.237 e. The highest BCUT2D eigenvalue weighted by Crippen LogP contribution is 2.46. The monoisotopic (exact) mass is 247 g/mol. The molecule has 1 heterocycles. The van der Waals surface area contributed by atoms with E-state index in [0.29, 0.717) is 6.42 Å². The zero-order chi connectivity index (χ0) is 13.4. The molecule has 1 saturated heterocycles. The Labute approximate surface area is 109 Å². The fraction of sp³-hybridized carbons (Fsp3) is 0.733. The van der Waals surface area contributed by atoms with Crippen molar-refractivity contribution in [2.45, 2.75) is 64.3 Å². The number of likely N-dealkylation sites (tertiary alicyclic amines) is 1. The normalized spacial score (nSPS) is 24.2. The number of hydrogen-bond acceptors (Lipinski definition) is 2. The van der Waals surface area contributed by atoms with E-state index in [1.165, 1.54) is 17.7 Å². The van der Waals surface area contributed by atoms with Crippen molar-refractivity contribution in [2.75, 3.05) is 0 Å². The number of carbonyl (C=O) groups is 2. The first kappa shape index (κ1) is 13.1. The van der Waals surface area contributed by atoms with Crippen LogP contribution in [-0.4, -0.2) is 22.3 Å². The molecule has 0 unspecified atom stereocenters. The number of terminal acetylenes is 1. The van der Waals surface area contributed by atoms with Crippen molar-refractivity contribution in [3.63, 3.8) is 0 Å². The molecule has 1 aliphatic heterocycles. The summed E-state index contributed by atoms with van der Waals surface area (Å²) >= 11 is 0. The van der Waals surface area contributed by atoms with Crippen LogP contribution in [-0.2, 0) is 9.59 Å². The van der Waals surface area contributed by atoms with Crippen LogP contribution in [0.2, 0.25) is 0 Å². The lowest BCUT2D eigenvalue weighted by Crippen LogP contribution is -2.48. The molecule has 3 heteroatoms. The van der Waals surface area contributed by atoms with E-state index in [2.05, 4.69) is 5.92 Å². The second-order valence-corrected chi connectivity index (χ2v) is 6.11. The molecule has 2 rings (SSSR count). The Balaban J connectivity index is 2.31. The first-order valence-electron chi connectivity index (χ1n) is 6.78. The van der Waals surface area contributed by atoms with Crippen molar-refractivity contribution < 1.29 is 9.59 Å². The van der Waals surface area contributed by atoms with Crippen LogP contribution < -0.4 is 0 Å². The summed E-state index contributed by atoms with van der Waals surface area (Å²) in [6, 6.07) is 0. The van der Waals surface area contributed by atoms with E-state index in [1.54, 1.807) is 13.8 Å². The van der Waals surface area contributed by atoms with Gasteiger partial charge in [-0.3, -0.25) is 14.5 Å². The maximum absolute atomic E-state index is 12.7. The van der Waals surface area contributed by atoms with Gasteiger partial charge in [-0.1, -0.05) is 31.6 Å². The smallest absolute Gasteiger partial charge is 0.237 e. The predicted octanol–water partition coefficient (Wildman–Crippen LogP) is 2.50. The van der Waals surface area contributed by atoms with Gasteiger partial charge in [0.25, 0.3) is 0 Å². The number of carbonyl (C=O) groups excluding carboxylic acids is 2. The molecule has 2 aliphatic rings. The zero-order valence-corrected chi connectivity index (χ0v) is 11.3. The first-order valence-corrected chi connectivity index (χ1v) is 6.78. The van der Waals surface area contributed by atoms with Gasteiger partial charge in [-0.15, -0.1) is 6.42 Å². The van der Waals surface area contributed by atoms with Crippen molar-refractivity contribution in [1.82, 2.24) is 4.90 Å². The molecule has 3 nitrogen and oxygen atoms in total. The lowest BCUT2D eigenvalue weighted by Gasteiger charge is -2.31. The third-order valence-electron chi connectivity index (χ3n) is 4.37. The molecule has 0 aromatic rings. The minimum atomic E-state index is -0.802. The highest BCUT2D eigenvalue weighted by Gasteiger charge is 2.54. The summed E-state index contributed by atoms with van der Waals surface area (Å²) in [5.74, 6) is 2.44. The Kier molecular flexibility index (Phi) is 3.23. The van der Waals surface area contributed by atoms with Crippen molar-refractivity contribution in [2.24, 2.45) is 5.41 Å². The van der Waals surface area contributed by atoms with E-state index < -0.39 is 11.0 Å². The number of imide groups is 1. The molecule has 2 amide bonds. The third-order valence-corrected chi connectivity index (χ3v) is 4.37. The zero-order valence-electron chi connectivity index (χ0n) is 11.3. The molecule has 1 saturated carbocycles. The van der Waals surface area contributed by atoms with Crippen molar-refractivity contribution in [1.29, 1.82) is 0 Å². The Morgan fingerprint density at radius 1 is 1.17 bits per heavy atom. The fourth-order valence-corrected chi connectivity index (χ4v) is 3.22. The topological polar surface area (TPSA) is 37.4 Å². The number of amides is 2. The van der Waals surface area contributed by atoms with Crippen molar-refractivity contribution in [3.05, 3.63) is 0 Å². The molecule has 2 fully saturated rings. The summed E-state index contributed by atoms with van der Waals surface area (Å²) in [7, 11) is 0. The van der Waals surface area contributed by atoms with E-state index >= 15 is 0 Å². The molecule has 0 N–H and O–H groups in total. The van der Waals surface area contributed by atoms with Crippen molar-refractivity contribution in [3.8, 4) is 12.3 Å². The van der Waals surface area contributed by atoms with Gasteiger partial charge in [0.2, 0.25) is 11.8 Å². The molecular weight excluding hydrogens is 226 g/mol. The van der Waals surface area contributed by atoms with Crippen LogP contribution >= 0.6 is 0 Å². The molecule has 98 valence electrons. The lowest BCUT2D eigenvalue weighted by atomic mass is 9.79. The van der Waals surface area contributed by atoms with Crippen LogP contribution in [0.4, 0.5) is 0 Å². The Morgan fingerprint density at radius 3 is 2.22 bits per heavy atom. The molecule has 1 aliphatic carbocycles. The number of nitrogens with zero attached hydrogens (tertiary/aromatic N) is 1. The van der Waals surface area contributed by atoms with Gasteiger partial charge in [-0.25, -0.2) is 0 Å². The SMILES string of the molecule is C#CC(C)(C)N1C(=O)CC2(CCCCCC2)C1=O. The fourth-order valence-electron chi connectivity index (χ4n) is 3.22. The van der Waals surface area contributed by atoms with Gasteiger partial charge in [-0.05, 0) is 26.7 Å². The highest BCUT2D eigenvalue weighted by molar-refractivity contribution is 6.07. The summed E-state index contributed by atoms with van der Waals surface area (Å²) in [5.41, 5.74) is -1.24. The Bertz CT molecular complexity index is 409. The summed E-state index contributed by atoms with van der Waals surface area (Å²) in [4.78, 5) is 26.2. The maximum atomic E-state index is 12.7. The summed E-state index contributed by atoms with van der Waals surface area (Å²) in [6.07, 6.45) is 11.9. The molecule has 0 bridgehead atoms. The van der Waals surface area contributed by atoms with Gasteiger partial charge >= 0.3 is 0 Å². The van der Waals surface area contributed by atoms with E-state index in [4.69, 9.17) is 6.42 Å². The number of hydrogen-bond donors (Lipinski definition) is 0. The molecule has 0 atom stereocenters. The average Bonchev–Trinajstić information content (AvgIpc) is 2.49. The predicted molar refractivity (Wildman–Crippen MR) is 69.5 cm³/mol. The van der Waals surface area contributed by atoms with E-state index in [-0.39, 0.29) is 11.8 Å². The van der Waals surface area contributed by atoms with Gasteiger partial charge < -0.3 is 0 Å². The summed E-state index contributed by atoms with van der Waals surface area (Å²) in [6.45, 7) is 3.52. The molecule has 1 spiro atoms. The highest BCUT2D eigenvalue weighted by atomic mass is 16.2. The van der Waals surface area contributed by atoms with Gasteiger partial charge in [0.1, 0.15) is 5.54 Å². The second kappa shape index (κ2) is 4.42. The Morgan fingerprint density at radius 2 is 1.72 bits per heavy atom. The third kappa shape index (κ3) is 1.94. The largest absolute Gasteiger partial charge is 0.274 e. The molecule has 0 aromatic carbocycles. The Hall–Kier alpha value is -1.30. The second-order valence-electron chi connectivity index (χ2n) is 6.11. The lowest BCUT2D eigenvalue weighted by molar-refractivity contribution is -0.145. The summed E-state index contributed by atoms with van der Waals surface area (Å²) in [5, 5.41) is 0. The van der Waals surface area contributed by atoms with Crippen LogP contribution in [0.3, 0.4) is 0 Å². The first-order chi connectivity index (χ1) is 8.43. The quantitative estimate of drug-likeness (QED) is 0.527. The van der Waals surface area contributed by atoms with E-state index in [0.717, 1.165) is 25.7 Å². The van der Waals surface area contributed by atoms with Crippen LogP contribution in [0.5, 0.6) is 0 Å². The van der Waals surface area contributed by atoms with E-state index in [1.807, 2.05) is 0 Å². The molecular formula is C15H21NO2.